The van der Waals surface area contributed by atoms with Crippen molar-refractivity contribution in [2.75, 3.05) is 24.2 Å². The van der Waals surface area contributed by atoms with Gasteiger partial charge in [0.25, 0.3) is 0 Å². The summed E-state index contributed by atoms with van der Waals surface area (Å²) in [6.07, 6.45) is 0.875. The van der Waals surface area contributed by atoms with Crippen LogP contribution in [0.3, 0.4) is 0 Å². The normalized spacial score (nSPS) is 9.81. The first-order valence-corrected chi connectivity index (χ1v) is 5.05. The topological polar surface area (TPSA) is 103 Å². The van der Waals surface area contributed by atoms with Crippen LogP contribution in [-0.2, 0) is 4.79 Å². The number of hydrogen-bond acceptors (Lipinski definition) is 5. The van der Waals surface area contributed by atoms with Crippen LogP contribution in [0.4, 0.5) is 11.5 Å². The lowest BCUT2D eigenvalue weighted by Crippen LogP contribution is -2.22. The highest BCUT2D eigenvalue weighted by atomic mass is 16.5. The zero-order chi connectivity index (χ0) is 12.0. The molecule has 0 atom stereocenters. The lowest BCUT2D eigenvalue weighted by atomic mass is 10.4. The van der Waals surface area contributed by atoms with Crippen LogP contribution in [0.1, 0.15) is 13.3 Å². The molecule has 5 N–H and O–H groups in total. The predicted octanol–water partition coefficient (Wildman–Crippen LogP) is 0.350. The van der Waals surface area contributed by atoms with Gasteiger partial charge in [-0.05, 0) is 18.6 Å². The number of nitrogen functional groups attached to an aromatic ring is 1. The molecule has 6 nitrogen and oxygen atoms in total. The van der Waals surface area contributed by atoms with Crippen molar-refractivity contribution in [2.24, 2.45) is 5.73 Å². The van der Waals surface area contributed by atoms with Gasteiger partial charge >= 0.3 is 0 Å². The third-order valence-corrected chi connectivity index (χ3v) is 1.78. The van der Waals surface area contributed by atoms with Crippen molar-refractivity contribution < 1.29 is 9.53 Å². The Morgan fingerprint density at radius 2 is 2.31 bits per heavy atom. The van der Waals surface area contributed by atoms with Gasteiger partial charge in [0.1, 0.15) is 5.82 Å². The zero-order valence-corrected chi connectivity index (χ0v) is 9.19. The molecule has 1 heterocycles. The molecule has 0 fully saturated rings. The minimum absolute atomic E-state index is 0.0319. The van der Waals surface area contributed by atoms with Gasteiger partial charge in [-0.2, -0.15) is 4.98 Å². The van der Waals surface area contributed by atoms with Crippen molar-refractivity contribution in [2.45, 2.75) is 13.3 Å². The van der Waals surface area contributed by atoms with Crippen LogP contribution in [0.5, 0.6) is 5.88 Å². The van der Waals surface area contributed by atoms with Crippen LogP contribution in [0.15, 0.2) is 12.1 Å². The van der Waals surface area contributed by atoms with E-state index in [-0.39, 0.29) is 6.54 Å². The highest BCUT2D eigenvalue weighted by molar-refractivity contribution is 5.78. The maximum Gasteiger partial charge on any atom is 0.239 e. The number of rotatable bonds is 6. The van der Waals surface area contributed by atoms with Gasteiger partial charge in [0, 0.05) is 0 Å². The number of anilines is 2. The molecular formula is C10H16N4O2. The van der Waals surface area contributed by atoms with E-state index in [1.165, 1.54) is 0 Å². The summed E-state index contributed by atoms with van der Waals surface area (Å²) in [5.74, 6) is 0.435. The van der Waals surface area contributed by atoms with E-state index in [1.54, 1.807) is 12.1 Å². The largest absolute Gasteiger partial charge is 0.476 e. The SMILES string of the molecule is CCCOc1nc(NCC(N)=O)ccc1N. The van der Waals surface area contributed by atoms with E-state index < -0.39 is 5.91 Å². The fourth-order valence-electron chi connectivity index (χ4n) is 1.04. The third-order valence-electron chi connectivity index (χ3n) is 1.78. The molecule has 0 aliphatic rings. The van der Waals surface area contributed by atoms with Gasteiger partial charge in [0.05, 0.1) is 18.8 Å². The van der Waals surface area contributed by atoms with Gasteiger partial charge in [-0.3, -0.25) is 4.79 Å². The standard InChI is InChI=1S/C10H16N4O2/c1-2-5-16-10-7(11)3-4-9(14-10)13-6-8(12)15/h3-4H,2,5-6,11H2,1H3,(H2,12,15)(H,13,14). The van der Waals surface area contributed by atoms with Crippen molar-refractivity contribution in [3.05, 3.63) is 12.1 Å². The van der Waals surface area contributed by atoms with Crippen LogP contribution >= 0.6 is 0 Å². The van der Waals surface area contributed by atoms with Crippen molar-refractivity contribution in [1.82, 2.24) is 4.98 Å². The molecule has 0 unspecified atom stereocenters. The highest BCUT2D eigenvalue weighted by Crippen LogP contribution is 2.20. The van der Waals surface area contributed by atoms with E-state index in [0.717, 1.165) is 6.42 Å². The maximum atomic E-state index is 10.6. The fourth-order valence-corrected chi connectivity index (χ4v) is 1.04. The molecule has 0 aliphatic carbocycles. The average molecular weight is 224 g/mol. The van der Waals surface area contributed by atoms with Crippen molar-refractivity contribution in [3.8, 4) is 5.88 Å². The summed E-state index contributed by atoms with van der Waals surface area (Å²) in [5.41, 5.74) is 11.2. The van der Waals surface area contributed by atoms with E-state index in [1.807, 2.05) is 6.92 Å². The number of carbonyl (C=O) groups excluding carboxylic acids is 1. The van der Waals surface area contributed by atoms with Crippen LogP contribution in [0.2, 0.25) is 0 Å². The van der Waals surface area contributed by atoms with E-state index in [2.05, 4.69) is 10.3 Å². The number of nitrogens with two attached hydrogens (primary N) is 2. The Morgan fingerprint density at radius 1 is 1.56 bits per heavy atom. The van der Waals surface area contributed by atoms with Gasteiger partial charge in [0.15, 0.2) is 0 Å². The van der Waals surface area contributed by atoms with Gasteiger partial charge in [-0.25, -0.2) is 0 Å². The van der Waals surface area contributed by atoms with Crippen LogP contribution in [0, 0.1) is 0 Å². The molecular weight excluding hydrogens is 208 g/mol. The Bertz CT molecular complexity index is 368. The molecule has 16 heavy (non-hydrogen) atoms. The third kappa shape index (κ3) is 3.64. The van der Waals surface area contributed by atoms with E-state index in [9.17, 15) is 4.79 Å². The summed E-state index contributed by atoms with van der Waals surface area (Å²) in [7, 11) is 0. The van der Waals surface area contributed by atoms with Gasteiger partial charge in [-0.15, -0.1) is 0 Å². The second-order valence-corrected chi connectivity index (χ2v) is 3.26. The molecule has 6 heteroatoms. The number of amides is 1. The van der Waals surface area contributed by atoms with Gasteiger partial charge in [-0.1, -0.05) is 6.92 Å². The fraction of sp³-hybridized carbons (Fsp3) is 0.400. The van der Waals surface area contributed by atoms with Crippen LogP contribution < -0.4 is 21.5 Å². The molecule has 0 aliphatic heterocycles. The number of primary amides is 1. The number of hydrogen-bond donors (Lipinski definition) is 3. The first kappa shape index (κ1) is 12.1. The minimum Gasteiger partial charge on any atom is -0.476 e. The molecule has 0 spiro atoms. The summed E-state index contributed by atoms with van der Waals surface area (Å²) in [6, 6.07) is 3.33. The molecule has 88 valence electrons. The van der Waals surface area contributed by atoms with Gasteiger partial charge < -0.3 is 21.5 Å². The molecule has 1 aromatic heterocycles. The second kappa shape index (κ2) is 5.79. The smallest absolute Gasteiger partial charge is 0.239 e. The quantitative estimate of drug-likeness (QED) is 0.647. The molecule has 0 saturated heterocycles. The number of nitrogens with zero attached hydrogens (tertiary/aromatic N) is 1. The molecule has 0 bridgehead atoms. The summed E-state index contributed by atoms with van der Waals surface area (Å²) in [4.78, 5) is 14.7. The molecule has 1 aromatic rings. The van der Waals surface area contributed by atoms with E-state index >= 15 is 0 Å². The maximum absolute atomic E-state index is 10.6. The Labute approximate surface area is 94.0 Å². The lowest BCUT2D eigenvalue weighted by Gasteiger charge is -2.09. The summed E-state index contributed by atoms with van der Waals surface area (Å²) < 4.78 is 5.34. The van der Waals surface area contributed by atoms with Crippen molar-refractivity contribution >= 4 is 17.4 Å². The number of ether oxygens (including phenoxy) is 1. The monoisotopic (exact) mass is 224 g/mol. The average Bonchev–Trinajstić information content (AvgIpc) is 2.26. The Hall–Kier alpha value is -1.98. The van der Waals surface area contributed by atoms with Crippen molar-refractivity contribution in [1.29, 1.82) is 0 Å². The second-order valence-electron chi connectivity index (χ2n) is 3.26. The minimum atomic E-state index is -0.449. The number of pyridine rings is 1. The van der Waals surface area contributed by atoms with E-state index in [4.69, 9.17) is 16.2 Å². The van der Waals surface area contributed by atoms with Crippen molar-refractivity contribution in [3.63, 3.8) is 0 Å². The zero-order valence-electron chi connectivity index (χ0n) is 9.19. The van der Waals surface area contributed by atoms with Crippen LogP contribution in [-0.4, -0.2) is 24.0 Å². The Kier molecular flexibility index (Phi) is 4.38. The van der Waals surface area contributed by atoms with Gasteiger partial charge in [0.2, 0.25) is 11.8 Å². The summed E-state index contributed by atoms with van der Waals surface area (Å²) >= 11 is 0. The highest BCUT2D eigenvalue weighted by Gasteiger charge is 2.04. The molecule has 1 amide bonds. The number of nitrogens with one attached hydrogen (secondary N) is 1. The summed E-state index contributed by atoms with van der Waals surface area (Å²) in [5, 5.41) is 2.77. The number of carbonyl (C=O) groups is 1. The first-order valence-electron chi connectivity index (χ1n) is 5.05. The predicted molar refractivity (Wildman–Crippen MR) is 62.1 cm³/mol. The van der Waals surface area contributed by atoms with E-state index in [0.29, 0.717) is 24.0 Å². The Balaban J connectivity index is 2.68. The first-order chi connectivity index (χ1) is 7.63. The van der Waals surface area contributed by atoms with Crippen LogP contribution in [0.25, 0.3) is 0 Å². The molecule has 1 rings (SSSR count). The molecule has 0 saturated carbocycles. The lowest BCUT2D eigenvalue weighted by molar-refractivity contribution is -0.116. The number of aromatic nitrogens is 1. The molecule has 0 aromatic carbocycles. The Morgan fingerprint density at radius 3 is 2.94 bits per heavy atom. The summed E-state index contributed by atoms with van der Waals surface area (Å²) in [6.45, 7) is 2.58. The molecule has 0 radical (unpaired) electrons.